The largest absolute Gasteiger partial charge is 0.352 e. The molecule has 4 nitrogen and oxygen atoms in total. The van der Waals surface area contributed by atoms with Crippen molar-refractivity contribution in [1.29, 1.82) is 0 Å². The van der Waals surface area contributed by atoms with Gasteiger partial charge in [-0.1, -0.05) is 12.1 Å². The van der Waals surface area contributed by atoms with Gasteiger partial charge in [0, 0.05) is 18.3 Å². The number of rotatable bonds is 5. The van der Waals surface area contributed by atoms with E-state index >= 15 is 0 Å². The van der Waals surface area contributed by atoms with Crippen molar-refractivity contribution in [3.8, 4) is 0 Å². The van der Waals surface area contributed by atoms with Crippen molar-refractivity contribution in [2.24, 2.45) is 0 Å². The van der Waals surface area contributed by atoms with Crippen molar-refractivity contribution in [2.75, 3.05) is 5.88 Å². The highest BCUT2D eigenvalue weighted by Crippen LogP contribution is 2.26. The van der Waals surface area contributed by atoms with E-state index in [1.807, 2.05) is 23.6 Å². The summed E-state index contributed by atoms with van der Waals surface area (Å²) >= 11 is 5.90. The predicted molar refractivity (Wildman–Crippen MR) is 84.8 cm³/mol. The number of aryl methyl sites for hydroxylation is 2. The van der Waals surface area contributed by atoms with Crippen LogP contribution >= 0.6 is 11.6 Å². The highest BCUT2D eigenvalue weighted by atomic mass is 35.5. The number of imidazole rings is 1. The fourth-order valence-corrected chi connectivity index (χ4v) is 2.88. The molecule has 21 heavy (non-hydrogen) atoms. The van der Waals surface area contributed by atoms with Gasteiger partial charge < -0.3 is 9.88 Å². The average molecular weight is 306 g/mol. The maximum Gasteiger partial charge on any atom is 0.243 e. The Bertz CT molecular complexity index is 675. The van der Waals surface area contributed by atoms with E-state index in [1.54, 1.807) is 0 Å². The van der Waals surface area contributed by atoms with E-state index in [9.17, 15) is 4.79 Å². The minimum atomic E-state index is -0.269. The standard InChI is InChI=1S/C16H20ClN3O/c1-10-4-3-5-13-15(10)20(14(19-13)8-9-17)11(2)16(21)18-12-6-7-12/h3-5,11-12H,6-9H2,1-2H3,(H,18,21). The van der Waals surface area contributed by atoms with Gasteiger partial charge in [0.05, 0.1) is 11.0 Å². The van der Waals surface area contributed by atoms with Crippen LogP contribution < -0.4 is 5.32 Å². The first-order chi connectivity index (χ1) is 10.1. The summed E-state index contributed by atoms with van der Waals surface area (Å²) in [6.07, 6.45) is 2.85. The van der Waals surface area contributed by atoms with Crippen LogP contribution in [0.2, 0.25) is 0 Å². The van der Waals surface area contributed by atoms with Crippen LogP contribution in [0.25, 0.3) is 11.0 Å². The Labute approximate surface area is 129 Å². The fourth-order valence-electron chi connectivity index (χ4n) is 2.71. The SMILES string of the molecule is Cc1cccc2nc(CCCl)n(C(C)C(=O)NC3CC3)c12. The summed E-state index contributed by atoms with van der Waals surface area (Å²) in [5, 5.41) is 3.07. The number of nitrogens with one attached hydrogen (secondary N) is 1. The Morgan fingerprint density at radius 3 is 2.95 bits per heavy atom. The molecule has 1 amide bonds. The maximum absolute atomic E-state index is 12.4. The van der Waals surface area contributed by atoms with E-state index in [2.05, 4.69) is 23.3 Å². The average Bonchev–Trinajstić information content (AvgIpc) is 3.18. The molecule has 5 heteroatoms. The second-order valence-electron chi connectivity index (χ2n) is 5.74. The first-order valence-electron chi connectivity index (χ1n) is 7.44. The number of para-hydroxylation sites is 1. The molecule has 1 saturated carbocycles. The molecule has 0 bridgehead atoms. The Morgan fingerprint density at radius 1 is 1.52 bits per heavy atom. The Hall–Kier alpha value is -1.55. The predicted octanol–water partition coefficient (Wildman–Crippen LogP) is 2.97. The Balaban J connectivity index is 2.04. The number of aromatic nitrogens is 2. The molecule has 1 heterocycles. The van der Waals surface area contributed by atoms with E-state index in [4.69, 9.17) is 11.6 Å². The number of halogens is 1. The second kappa shape index (κ2) is 5.68. The maximum atomic E-state index is 12.4. The number of carbonyl (C=O) groups is 1. The lowest BCUT2D eigenvalue weighted by molar-refractivity contribution is -0.124. The number of hydrogen-bond acceptors (Lipinski definition) is 2. The van der Waals surface area contributed by atoms with Crippen LogP contribution in [0.15, 0.2) is 18.2 Å². The van der Waals surface area contributed by atoms with Crippen LogP contribution in [0, 0.1) is 6.92 Å². The van der Waals surface area contributed by atoms with Crippen LogP contribution in [-0.4, -0.2) is 27.4 Å². The molecule has 1 fully saturated rings. The van der Waals surface area contributed by atoms with Gasteiger partial charge in [-0.25, -0.2) is 4.98 Å². The smallest absolute Gasteiger partial charge is 0.243 e. The first kappa shape index (κ1) is 14.4. The van der Waals surface area contributed by atoms with Crippen molar-refractivity contribution in [3.63, 3.8) is 0 Å². The van der Waals surface area contributed by atoms with Crippen molar-refractivity contribution < 1.29 is 4.79 Å². The molecule has 1 atom stereocenters. The molecular weight excluding hydrogens is 286 g/mol. The highest BCUT2D eigenvalue weighted by molar-refractivity contribution is 6.17. The molecule has 0 saturated heterocycles. The minimum absolute atomic E-state index is 0.0656. The third-order valence-electron chi connectivity index (χ3n) is 3.99. The van der Waals surface area contributed by atoms with Crippen LogP contribution in [0.5, 0.6) is 0 Å². The zero-order chi connectivity index (χ0) is 15.0. The first-order valence-corrected chi connectivity index (χ1v) is 7.98. The van der Waals surface area contributed by atoms with Gasteiger partial charge in [0.25, 0.3) is 0 Å². The van der Waals surface area contributed by atoms with Crippen molar-refractivity contribution >= 4 is 28.5 Å². The van der Waals surface area contributed by atoms with Crippen molar-refractivity contribution in [2.45, 2.75) is 45.2 Å². The van der Waals surface area contributed by atoms with E-state index in [0.717, 1.165) is 35.3 Å². The highest BCUT2D eigenvalue weighted by Gasteiger charge is 2.28. The quantitative estimate of drug-likeness (QED) is 0.863. The fraction of sp³-hybridized carbons (Fsp3) is 0.500. The summed E-state index contributed by atoms with van der Waals surface area (Å²) in [4.78, 5) is 17.1. The van der Waals surface area contributed by atoms with Crippen molar-refractivity contribution in [1.82, 2.24) is 14.9 Å². The summed E-state index contributed by atoms with van der Waals surface area (Å²) in [5.41, 5.74) is 3.10. The molecule has 1 aromatic carbocycles. The van der Waals surface area contributed by atoms with E-state index in [0.29, 0.717) is 18.3 Å². The molecule has 1 unspecified atom stereocenters. The lowest BCUT2D eigenvalue weighted by Gasteiger charge is -2.18. The molecule has 1 aromatic heterocycles. The number of hydrogen-bond donors (Lipinski definition) is 1. The second-order valence-corrected chi connectivity index (χ2v) is 6.12. The minimum Gasteiger partial charge on any atom is -0.352 e. The van der Waals surface area contributed by atoms with E-state index in [-0.39, 0.29) is 11.9 Å². The van der Waals surface area contributed by atoms with E-state index < -0.39 is 0 Å². The van der Waals surface area contributed by atoms with Gasteiger partial charge in [-0.3, -0.25) is 4.79 Å². The molecule has 3 rings (SSSR count). The number of nitrogens with zero attached hydrogens (tertiary/aromatic N) is 2. The van der Waals surface area contributed by atoms with Crippen molar-refractivity contribution in [3.05, 3.63) is 29.6 Å². The summed E-state index contributed by atoms with van der Waals surface area (Å²) < 4.78 is 2.05. The van der Waals surface area contributed by atoms with Gasteiger partial charge >= 0.3 is 0 Å². The molecule has 112 valence electrons. The normalized spacial score (nSPS) is 16.1. The summed E-state index contributed by atoms with van der Waals surface area (Å²) in [5.74, 6) is 1.45. The topological polar surface area (TPSA) is 46.9 Å². The van der Waals surface area contributed by atoms with Crippen LogP contribution in [-0.2, 0) is 11.2 Å². The van der Waals surface area contributed by atoms with Gasteiger partial charge in [-0.2, -0.15) is 0 Å². The summed E-state index contributed by atoms with van der Waals surface area (Å²) in [7, 11) is 0. The molecule has 2 aromatic rings. The third-order valence-corrected chi connectivity index (χ3v) is 4.18. The summed E-state index contributed by atoms with van der Waals surface area (Å²) in [6.45, 7) is 3.99. The van der Waals surface area contributed by atoms with E-state index in [1.165, 1.54) is 0 Å². The molecule has 1 aliphatic rings. The Morgan fingerprint density at radius 2 is 2.29 bits per heavy atom. The number of carbonyl (C=O) groups excluding carboxylic acids is 1. The number of amides is 1. The number of alkyl halides is 1. The third kappa shape index (κ3) is 2.77. The molecule has 0 spiro atoms. The Kier molecular flexibility index (Phi) is 3.89. The van der Waals surface area contributed by atoms with Gasteiger partial charge in [0.2, 0.25) is 5.91 Å². The zero-order valence-electron chi connectivity index (χ0n) is 12.4. The number of benzene rings is 1. The van der Waals surface area contributed by atoms with Gasteiger partial charge in [0.1, 0.15) is 11.9 Å². The number of fused-ring (bicyclic) bond motifs is 1. The molecule has 0 aliphatic heterocycles. The lowest BCUT2D eigenvalue weighted by Crippen LogP contribution is -2.33. The monoisotopic (exact) mass is 305 g/mol. The molecular formula is C16H20ClN3O. The van der Waals surface area contributed by atoms with Crippen LogP contribution in [0.3, 0.4) is 0 Å². The molecule has 1 aliphatic carbocycles. The molecule has 1 N–H and O–H groups in total. The van der Waals surface area contributed by atoms with Gasteiger partial charge in [0.15, 0.2) is 0 Å². The van der Waals surface area contributed by atoms with Crippen LogP contribution in [0.1, 0.15) is 37.2 Å². The molecule has 0 radical (unpaired) electrons. The summed E-state index contributed by atoms with van der Waals surface area (Å²) in [6, 6.07) is 6.13. The van der Waals surface area contributed by atoms with Gasteiger partial charge in [-0.05, 0) is 38.3 Å². The van der Waals surface area contributed by atoms with Crippen LogP contribution in [0.4, 0.5) is 0 Å². The van der Waals surface area contributed by atoms with Gasteiger partial charge in [-0.15, -0.1) is 11.6 Å². The zero-order valence-corrected chi connectivity index (χ0v) is 13.2. The lowest BCUT2D eigenvalue weighted by atomic mass is 10.2.